The highest BCUT2D eigenvalue weighted by Crippen LogP contribution is 2.34. The lowest BCUT2D eigenvalue weighted by Gasteiger charge is -2.32. The van der Waals surface area contributed by atoms with Crippen LogP contribution in [-0.4, -0.2) is 11.9 Å². The minimum atomic E-state index is 0.120. The van der Waals surface area contributed by atoms with E-state index in [9.17, 15) is 4.79 Å². The van der Waals surface area contributed by atoms with Gasteiger partial charge in [0, 0.05) is 13.0 Å². The molecule has 1 aliphatic rings. The standard InChI is InChI=1S/C13H25NO/c1-10(15)14-12-7-5-11(6-8-12)9-13(2,3)4/h11-12H,5-9H2,1-4H3,(H,14,15)/t11-,12+. The van der Waals surface area contributed by atoms with Gasteiger partial charge in [-0.1, -0.05) is 20.8 Å². The zero-order valence-electron chi connectivity index (χ0n) is 10.6. The Labute approximate surface area is 93.8 Å². The normalized spacial score (nSPS) is 27.5. The van der Waals surface area contributed by atoms with Crippen molar-refractivity contribution < 1.29 is 4.79 Å². The van der Waals surface area contributed by atoms with Crippen molar-refractivity contribution in [1.29, 1.82) is 0 Å². The van der Waals surface area contributed by atoms with Crippen molar-refractivity contribution in [1.82, 2.24) is 5.32 Å². The third kappa shape index (κ3) is 5.19. The minimum absolute atomic E-state index is 0.120. The lowest BCUT2D eigenvalue weighted by Crippen LogP contribution is -2.36. The highest BCUT2D eigenvalue weighted by Gasteiger charge is 2.25. The maximum absolute atomic E-state index is 10.9. The Morgan fingerprint density at radius 2 is 1.73 bits per heavy atom. The summed E-state index contributed by atoms with van der Waals surface area (Å²) in [5.74, 6) is 0.990. The molecule has 0 spiro atoms. The fraction of sp³-hybridized carbons (Fsp3) is 0.923. The average molecular weight is 211 g/mol. The molecule has 2 heteroatoms. The molecular formula is C13H25NO. The second-order valence-electron chi connectivity index (χ2n) is 6.18. The molecule has 1 amide bonds. The van der Waals surface area contributed by atoms with Crippen LogP contribution < -0.4 is 5.32 Å². The van der Waals surface area contributed by atoms with Crippen LogP contribution in [0.25, 0.3) is 0 Å². The molecule has 1 N–H and O–H groups in total. The molecule has 2 nitrogen and oxygen atoms in total. The summed E-state index contributed by atoms with van der Waals surface area (Å²) >= 11 is 0. The van der Waals surface area contributed by atoms with Gasteiger partial charge in [-0.15, -0.1) is 0 Å². The number of carbonyl (C=O) groups is 1. The van der Waals surface area contributed by atoms with Gasteiger partial charge in [-0.25, -0.2) is 0 Å². The second kappa shape index (κ2) is 5.00. The van der Waals surface area contributed by atoms with Crippen molar-refractivity contribution in [3.05, 3.63) is 0 Å². The van der Waals surface area contributed by atoms with Gasteiger partial charge < -0.3 is 5.32 Å². The second-order valence-corrected chi connectivity index (χ2v) is 6.18. The first kappa shape index (κ1) is 12.5. The zero-order valence-corrected chi connectivity index (χ0v) is 10.6. The summed E-state index contributed by atoms with van der Waals surface area (Å²) in [6, 6.07) is 0.443. The Morgan fingerprint density at radius 1 is 1.20 bits per heavy atom. The van der Waals surface area contributed by atoms with E-state index in [1.165, 1.54) is 32.1 Å². The molecule has 1 rings (SSSR count). The molecule has 1 fully saturated rings. The van der Waals surface area contributed by atoms with Crippen LogP contribution >= 0.6 is 0 Å². The fourth-order valence-corrected chi connectivity index (χ4v) is 2.66. The smallest absolute Gasteiger partial charge is 0.217 e. The van der Waals surface area contributed by atoms with Crippen molar-refractivity contribution in [2.45, 2.75) is 65.8 Å². The van der Waals surface area contributed by atoms with Crippen molar-refractivity contribution in [3.8, 4) is 0 Å². The molecule has 0 heterocycles. The summed E-state index contributed by atoms with van der Waals surface area (Å²) in [5.41, 5.74) is 0.450. The van der Waals surface area contributed by atoms with Gasteiger partial charge in [-0.05, 0) is 43.4 Å². The van der Waals surface area contributed by atoms with Gasteiger partial charge in [0.25, 0.3) is 0 Å². The summed E-state index contributed by atoms with van der Waals surface area (Å²) in [6.07, 6.45) is 6.21. The van der Waals surface area contributed by atoms with E-state index >= 15 is 0 Å². The predicted octanol–water partition coefficient (Wildman–Crippen LogP) is 3.12. The molecule has 1 aliphatic carbocycles. The summed E-state index contributed by atoms with van der Waals surface area (Å²) in [5, 5.41) is 3.03. The Balaban J connectivity index is 2.27. The maximum atomic E-state index is 10.9. The van der Waals surface area contributed by atoms with Crippen LogP contribution in [0.5, 0.6) is 0 Å². The molecule has 0 aromatic heterocycles. The SMILES string of the molecule is CC(=O)N[C@H]1CC[C@@H](CC(C)(C)C)CC1. The number of amides is 1. The highest BCUT2D eigenvalue weighted by atomic mass is 16.1. The van der Waals surface area contributed by atoms with E-state index < -0.39 is 0 Å². The molecule has 0 bridgehead atoms. The molecule has 0 aromatic rings. The molecule has 0 aliphatic heterocycles. The van der Waals surface area contributed by atoms with Gasteiger partial charge in [0.1, 0.15) is 0 Å². The Morgan fingerprint density at radius 3 is 2.13 bits per heavy atom. The van der Waals surface area contributed by atoms with Crippen LogP contribution in [0.3, 0.4) is 0 Å². The average Bonchev–Trinajstić information content (AvgIpc) is 2.05. The third-order valence-electron chi connectivity index (χ3n) is 3.16. The van der Waals surface area contributed by atoms with E-state index in [1.54, 1.807) is 6.92 Å². The van der Waals surface area contributed by atoms with E-state index in [2.05, 4.69) is 26.1 Å². The topological polar surface area (TPSA) is 29.1 Å². The summed E-state index contributed by atoms with van der Waals surface area (Å²) < 4.78 is 0. The van der Waals surface area contributed by atoms with E-state index in [4.69, 9.17) is 0 Å². The van der Waals surface area contributed by atoms with Crippen LogP contribution in [0, 0.1) is 11.3 Å². The molecule has 0 atom stereocenters. The number of hydrogen-bond donors (Lipinski definition) is 1. The van der Waals surface area contributed by atoms with E-state index in [0.29, 0.717) is 11.5 Å². The maximum Gasteiger partial charge on any atom is 0.217 e. The van der Waals surface area contributed by atoms with Gasteiger partial charge in [0.05, 0.1) is 0 Å². The number of carbonyl (C=O) groups excluding carboxylic acids is 1. The van der Waals surface area contributed by atoms with Crippen molar-refractivity contribution >= 4 is 5.91 Å². The summed E-state index contributed by atoms with van der Waals surface area (Å²) in [6.45, 7) is 8.55. The molecule has 15 heavy (non-hydrogen) atoms. The minimum Gasteiger partial charge on any atom is -0.354 e. The van der Waals surface area contributed by atoms with E-state index in [-0.39, 0.29) is 5.91 Å². The van der Waals surface area contributed by atoms with Crippen LogP contribution in [0.4, 0.5) is 0 Å². The molecule has 1 saturated carbocycles. The first-order chi connectivity index (χ1) is 6.87. The van der Waals surface area contributed by atoms with Gasteiger partial charge in [0.15, 0.2) is 0 Å². The Hall–Kier alpha value is -0.530. The van der Waals surface area contributed by atoms with Crippen LogP contribution in [0.1, 0.15) is 59.8 Å². The molecule has 88 valence electrons. The lowest BCUT2D eigenvalue weighted by atomic mass is 9.76. The number of hydrogen-bond acceptors (Lipinski definition) is 1. The number of nitrogens with one attached hydrogen (secondary N) is 1. The van der Waals surface area contributed by atoms with Crippen LogP contribution in [0.15, 0.2) is 0 Å². The van der Waals surface area contributed by atoms with Crippen molar-refractivity contribution in [2.75, 3.05) is 0 Å². The van der Waals surface area contributed by atoms with Crippen molar-refractivity contribution in [2.24, 2.45) is 11.3 Å². The van der Waals surface area contributed by atoms with Crippen LogP contribution in [-0.2, 0) is 4.79 Å². The largest absolute Gasteiger partial charge is 0.354 e. The van der Waals surface area contributed by atoms with E-state index in [0.717, 1.165) is 5.92 Å². The Bertz CT molecular complexity index is 209. The highest BCUT2D eigenvalue weighted by molar-refractivity contribution is 5.73. The summed E-state index contributed by atoms with van der Waals surface area (Å²) in [4.78, 5) is 10.9. The number of rotatable bonds is 2. The van der Waals surface area contributed by atoms with Gasteiger partial charge >= 0.3 is 0 Å². The monoisotopic (exact) mass is 211 g/mol. The molecular weight excluding hydrogens is 186 g/mol. The third-order valence-corrected chi connectivity index (χ3v) is 3.16. The Kier molecular flexibility index (Phi) is 4.18. The van der Waals surface area contributed by atoms with Gasteiger partial charge in [0.2, 0.25) is 5.91 Å². The quantitative estimate of drug-likeness (QED) is 0.747. The first-order valence-corrected chi connectivity index (χ1v) is 6.14. The van der Waals surface area contributed by atoms with Gasteiger partial charge in [-0.3, -0.25) is 4.79 Å². The fourth-order valence-electron chi connectivity index (χ4n) is 2.66. The molecule has 0 unspecified atom stereocenters. The van der Waals surface area contributed by atoms with Crippen molar-refractivity contribution in [3.63, 3.8) is 0 Å². The predicted molar refractivity (Wildman–Crippen MR) is 63.6 cm³/mol. The lowest BCUT2D eigenvalue weighted by molar-refractivity contribution is -0.119. The zero-order chi connectivity index (χ0) is 11.5. The molecule has 0 aromatic carbocycles. The van der Waals surface area contributed by atoms with E-state index in [1.807, 2.05) is 0 Å². The molecule has 0 saturated heterocycles. The summed E-state index contributed by atoms with van der Waals surface area (Å²) in [7, 11) is 0. The van der Waals surface area contributed by atoms with Gasteiger partial charge in [-0.2, -0.15) is 0 Å². The molecule has 0 radical (unpaired) electrons. The van der Waals surface area contributed by atoms with Crippen LogP contribution in [0.2, 0.25) is 0 Å². The first-order valence-electron chi connectivity index (χ1n) is 6.14.